The molecule has 1 heterocycles. The fourth-order valence-corrected chi connectivity index (χ4v) is 3.49. The molecule has 0 aliphatic rings. The van der Waals surface area contributed by atoms with Crippen molar-refractivity contribution in [1.29, 1.82) is 0 Å². The fourth-order valence-electron chi connectivity index (χ4n) is 1.94. The molecule has 0 spiro atoms. The van der Waals surface area contributed by atoms with Crippen molar-refractivity contribution in [2.75, 3.05) is 0 Å². The molecule has 114 valence electrons. The predicted molar refractivity (Wildman–Crippen MR) is 91.2 cm³/mol. The quantitative estimate of drug-likeness (QED) is 0.803. The number of nitrogens with one attached hydrogen (secondary N) is 1. The minimum absolute atomic E-state index is 0.0665. The van der Waals surface area contributed by atoms with Crippen molar-refractivity contribution in [1.82, 2.24) is 10.3 Å². The van der Waals surface area contributed by atoms with Gasteiger partial charge >= 0.3 is 0 Å². The molecular formula is C16H20BrFN2S. The van der Waals surface area contributed by atoms with Gasteiger partial charge in [0.25, 0.3) is 0 Å². The Kier molecular flexibility index (Phi) is 5.17. The third-order valence-electron chi connectivity index (χ3n) is 3.00. The van der Waals surface area contributed by atoms with E-state index in [4.69, 9.17) is 0 Å². The van der Waals surface area contributed by atoms with Crippen molar-refractivity contribution in [2.24, 2.45) is 0 Å². The molecule has 2 nitrogen and oxygen atoms in total. The van der Waals surface area contributed by atoms with Crippen LogP contribution in [0.1, 0.15) is 38.3 Å². The SMILES string of the molecule is CCc1nc(-c2cc(F)cc(Br)c2)sc1CNC(C)(C)C. The van der Waals surface area contributed by atoms with Crippen LogP contribution >= 0.6 is 27.3 Å². The zero-order chi connectivity index (χ0) is 15.6. The minimum atomic E-state index is -0.248. The van der Waals surface area contributed by atoms with E-state index in [1.54, 1.807) is 11.3 Å². The molecule has 0 amide bonds. The summed E-state index contributed by atoms with van der Waals surface area (Å²) < 4.78 is 14.3. The molecule has 2 rings (SSSR count). The lowest BCUT2D eigenvalue weighted by Gasteiger charge is -2.20. The van der Waals surface area contributed by atoms with Crippen LogP contribution in [0, 0.1) is 5.82 Å². The van der Waals surface area contributed by atoms with Gasteiger partial charge in [-0.05, 0) is 45.4 Å². The molecule has 1 N–H and O–H groups in total. The van der Waals surface area contributed by atoms with Crippen LogP contribution in [0.5, 0.6) is 0 Å². The number of rotatable bonds is 4. The number of hydrogen-bond acceptors (Lipinski definition) is 3. The molecule has 0 atom stereocenters. The van der Waals surface area contributed by atoms with Crippen molar-refractivity contribution in [3.05, 3.63) is 39.1 Å². The first-order valence-electron chi connectivity index (χ1n) is 6.98. The van der Waals surface area contributed by atoms with E-state index in [1.807, 2.05) is 6.07 Å². The molecule has 0 aliphatic carbocycles. The highest BCUT2D eigenvalue weighted by atomic mass is 79.9. The summed E-state index contributed by atoms with van der Waals surface area (Å²) in [5.74, 6) is -0.248. The summed E-state index contributed by atoms with van der Waals surface area (Å²) in [6.45, 7) is 9.32. The van der Waals surface area contributed by atoms with Crippen LogP contribution in [0.4, 0.5) is 4.39 Å². The van der Waals surface area contributed by atoms with E-state index >= 15 is 0 Å². The van der Waals surface area contributed by atoms with Gasteiger partial charge in [0.2, 0.25) is 0 Å². The second-order valence-electron chi connectivity index (χ2n) is 6.00. The van der Waals surface area contributed by atoms with Gasteiger partial charge in [-0.2, -0.15) is 0 Å². The van der Waals surface area contributed by atoms with Crippen molar-refractivity contribution in [3.8, 4) is 10.6 Å². The second kappa shape index (κ2) is 6.55. The van der Waals surface area contributed by atoms with Gasteiger partial charge in [0.1, 0.15) is 10.8 Å². The maximum Gasteiger partial charge on any atom is 0.125 e. The largest absolute Gasteiger partial charge is 0.307 e. The van der Waals surface area contributed by atoms with E-state index in [2.05, 4.69) is 53.9 Å². The van der Waals surface area contributed by atoms with Gasteiger partial charge in [0.05, 0.1) is 5.69 Å². The van der Waals surface area contributed by atoms with E-state index in [0.717, 1.165) is 33.7 Å². The lowest BCUT2D eigenvalue weighted by atomic mass is 10.1. The average molecular weight is 371 g/mol. The molecule has 21 heavy (non-hydrogen) atoms. The van der Waals surface area contributed by atoms with E-state index in [1.165, 1.54) is 17.0 Å². The number of thiazole rings is 1. The van der Waals surface area contributed by atoms with Crippen LogP contribution in [-0.4, -0.2) is 10.5 Å². The van der Waals surface area contributed by atoms with Gasteiger partial charge in [0.15, 0.2) is 0 Å². The summed E-state index contributed by atoms with van der Waals surface area (Å²) in [5.41, 5.74) is 1.98. The number of nitrogens with zero attached hydrogens (tertiary/aromatic N) is 1. The Morgan fingerprint density at radius 2 is 2.00 bits per heavy atom. The topological polar surface area (TPSA) is 24.9 Å². The van der Waals surface area contributed by atoms with Crippen LogP contribution in [-0.2, 0) is 13.0 Å². The average Bonchev–Trinajstić information content (AvgIpc) is 2.77. The molecule has 2 aromatic rings. The highest BCUT2D eigenvalue weighted by Gasteiger charge is 2.15. The van der Waals surface area contributed by atoms with Gasteiger partial charge < -0.3 is 5.32 Å². The maximum atomic E-state index is 13.5. The van der Waals surface area contributed by atoms with Gasteiger partial charge in [-0.1, -0.05) is 22.9 Å². The van der Waals surface area contributed by atoms with E-state index in [-0.39, 0.29) is 11.4 Å². The van der Waals surface area contributed by atoms with E-state index in [0.29, 0.717) is 0 Å². The summed E-state index contributed by atoms with van der Waals surface area (Å²) in [4.78, 5) is 5.90. The fraction of sp³-hybridized carbons (Fsp3) is 0.438. The first-order valence-corrected chi connectivity index (χ1v) is 8.59. The van der Waals surface area contributed by atoms with Gasteiger partial charge in [-0.15, -0.1) is 11.3 Å². The standard InChI is InChI=1S/C16H20BrFN2S/c1-5-13-14(9-19-16(2,3)4)21-15(20-13)10-6-11(17)8-12(18)7-10/h6-8,19H,5,9H2,1-4H3. The molecule has 0 bridgehead atoms. The molecule has 0 radical (unpaired) electrons. The third kappa shape index (κ3) is 4.59. The number of aromatic nitrogens is 1. The van der Waals surface area contributed by atoms with E-state index < -0.39 is 0 Å². The van der Waals surface area contributed by atoms with Crippen LogP contribution in [0.15, 0.2) is 22.7 Å². The molecule has 1 aromatic heterocycles. The smallest absolute Gasteiger partial charge is 0.125 e. The zero-order valence-corrected chi connectivity index (χ0v) is 15.2. The van der Waals surface area contributed by atoms with Gasteiger partial charge in [-0.3, -0.25) is 0 Å². The highest BCUT2D eigenvalue weighted by molar-refractivity contribution is 9.10. The third-order valence-corrected chi connectivity index (χ3v) is 4.61. The van der Waals surface area contributed by atoms with Crippen LogP contribution in [0.25, 0.3) is 10.6 Å². The molecule has 0 saturated heterocycles. The van der Waals surface area contributed by atoms with Crippen molar-refractivity contribution in [2.45, 2.75) is 46.2 Å². The van der Waals surface area contributed by atoms with Crippen molar-refractivity contribution >= 4 is 27.3 Å². The Morgan fingerprint density at radius 3 is 2.57 bits per heavy atom. The Labute approximate surface area is 137 Å². The molecule has 5 heteroatoms. The monoisotopic (exact) mass is 370 g/mol. The first-order chi connectivity index (χ1) is 9.78. The summed E-state index contributed by atoms with van der Waals surface area (Å²) in [6, 6.07) is 4.90. The lowest BCUT2D eigenvalue weighted by Crippen LogP contribution is -2.35. The van der Waals surface area contributed by atoms with Crippen LogP contribution < -0.4 is 5.32 Å². The van der Waals surface area contributed by atoms with Crippen molar-refractivity contribution in [3.63, 3.8) is 0 Å². The maximum absolute atomic E-state index is 13.5. The predicted octanol–water partition coefficient (Wildman–Crippen LogP) is 5.16. The lowest BCUT2D eigenvalue weighted by molar-refractivity contribution is 0.425. The normalized spacial score (nSPS) is 11.9. The highest BCUT2D eigenvalue weighted by Crippen LogP contribution is 2.31. The summed E-state index contributed by atoms with van der Waals surface area (Å²) in [5, 5.41) is 4.36. The van der Waals surface area contributed by atoms with Gasteiger partial charge in [-0.25, -0.2) is 9.37 Å². The number of benzene rings is 1. The molecule has 1 aromatic carbocycles. The number of hydrogen-bond donors (Lipinski definition) is 1. The molecular weight excluding hydrogens is 351 g/mol. The second-order valence-corrected chi connectivity index (χ2v) is 8.00. The Morgan fingerprint density at radius 1 is 1.29 bits per heavy atom. The zero-order valence-electron chi connectivity index (χ0n) is 12.8. The van der Waals surface area contributed by atoms with Crippen LogP contribution in [0.2, 0.25) is 0 Å². The summed E-state index contributed by atoms with van der Waals surface area (Å²) >= 11 is 4.97. The molecule has 0 saturated carbocycles. The van der Waals surface area contributed by atoms with Crippen LogP contribution in [0.3, 0.4) is 0 Å². The Hall–Kier alpha value is -0.780. The number of halogens is 2. The molecule has 0 aliphatic heterocycles. The minimum Gasteiger partial charge on any atom is -0.307 e. The summed E-state index contributed by atoms with van der Waals surface area (Å²) in [6.07, 6.45) is 0.883. The molecule has 0 fully saturated rings. The summed E-state index contributed by atoms with van der Waals surface area (Å²) in [7, 11) is 0. The Bertz CT molecular complexity index is 611. The van der Waals surface area contributed by atoms with E-state index in [9.17, 15) is 4.39 Å². The first kappa shape index (κ1) is 16.6. The Balaban J connectivity index is 2.31. The molecule has 0 unspecified atom stereocenters. The van der Waals surface area contributed by atoms with Crippen molar-refractivity contribution < 1.29 is 4.39 Å². The number of aryl methyl sites for hydroxylation is 1. The van der Waals surface area contributed by atoms with Gasteiger partial charge in [0, 0.05) is 27.0 Å².